The number of hydrogen-bond acceptors (Lipinski definition) is 4. The number of ether oxygens (including phenoxy) is 1. The van der Waals surface area contributed by atoms with Gasteiger partial charge in [0.25, 0.3) is 5.91 Å². The smallest absolute Gasteiger partial charge is 0.350 e. The molecule has 0 saturated carbocycles. The number of rotatable bonds is 4. The predicted octanol–water partition coefficient (Wildman–Crippen LogP) is 2.46. The maximum Gasteiger partial charge on any atom is 0.350 e. The van der Waals surface area contributed by atoms with Crippen molar-refractivity contribution in [3.8, 4) is 12.3 Å². The lowest BCUT2D eigenvalue weighted by Gasteiger charge is -2.03. The van der Waals surface area contributed by atoms with Crippen molar-refractivity contribution in [1.29, 1.82) is 0 Å². The Labute approximate surface area is 124 Å². The normalized spacial score (nSPS) is 10.0. The summed E-state index contributed by atoms with van der Waals surface area (Å²) in [6.45, 7) is -0.287. The SMILES string of the molecule is C#CCNC(=O)COC(=O)c1sc2ccccc2c1Cl. The molecular formula is C14H10ClNO3S. The molecule has 0 radical (unpaired) electrons. The van der Waals surface area contributed by atoms with Crippen molar-refractivity contribution in [2.45, 2.75) is 0 Å². The quantitative estimate of drug-likeness (QED) is 0.697. The summed E-state index contributed by atoms with van der Waals surface area (Å²) in [7, 11) is 0. The second-order valence-electron chi connectivity index (χ2n) is 3.80. The molecule has 1 aromatic carbocycles. The summed E-state index contributed by atoms with van der Waals surface area (Å²) in [5.74, 6) is 1.18. The molecule has 0 spiro atoms. The van der Waals surface area contributed by atoms with Gasteiger partial charge in [0.1, 0.15) is 4.88 Å². The van der Waals surface area contributed by atoms with E-state index in [-0.39, 0.29) is 18.0 Å². The van der Waals surface area contributed by atoms with E-state index in [4.69, 9.17) is 22.8 Å². The Kier molecular flexibility index (Phi) is 4.61. The number of thiophene rings is 1. The molecule has 20 heavy (non-hydrogen) atoms. The molecule has 2 rings (SSSR count). The zero-order chi connectivity index (χ0) is 14.5. The summed E-state index contributed by atoms with van der Waals surface area (Å²) >= 11 is 7.36. The molecular weight excluding hydrogens is 298 g/mol. The predicted molar refractivity (Wildman–Crippen MR) is 79.0 cm³/mol. The van der Waals surface area contributed by atoms with Crippen LogP contribution in [-0.2, 0) is 9.53 Å². The molecule has 102 valence electrons. The standard InChI is InChI=1S/C14H10ClNO3S/c1-2-7-16-11(17)8-19-14(18)13-12(15)9-5-3-4-6-10(9)20-13/h1,3-6H,7-8H2,(H,16,17). The zero-order valence-electron chi connectivity index (χ0n) is 10.3. The maximum atomic E-state index is 11.9. The lowest BCUT2D eigenvalue weighted by atomic mass is 10.2. The second-order valence-corrected chi connectivity index (χ2v) is 5.23. The largest absolute Gasteiger partial charge is 0.451 e. The monoisotopic (exact) mass is 307 g/mol. The summed E-state index contributed by atoms with van der Waals surface area (Å²) in [5.41, 5.74) is 0. The summed E-state index contributed by atoms with van der Waals surface area (Å²) in [6.07, 6.45) is 5.00. The molecule has 0 aliphatic heterocycles. The number of carbonyl (C=O) groups excluding carboxylic acids is 2. The number of esters is 1. The van der Waals surface area contributed by atoms with Crippen LogP contribution < -0.4 is 5.32 Å². The number of hydrogen-bond donors (Lipinski definition) is 1. The lowest BCUT2D eigenvalue weighted by molar-refractivity contribution is -0.123. The molecule has 1 aromatic heterocycles. The lowest BCUT2D eigenvalue weighted by Crippen LogP contribution is -2.28. The van der Waals surface area contributed by atoms with Crippen LogP contribution >= 0.6 is 22.9 Å². The zero-order valence-corrected chi connectivity index (χ0v) is 11.9. The molecule has 0 unspecified atom stereocenters. The Morgan fingerprint density at radius 1 is 1.40 bits per heavy atom. The van der Waals surface area contributed by atoms with Gasteiger partial charge in [-0.1, -0.05) is 35.7 Å². The first-order valence-corrected chi connectivity index (χ1v) is 6.87. The van der Waals surface area contributed by atoms with E-state index in [9.17, 15) is 9.59 Å². The van der Waals surface area contributed by atoms with Crippen molar-refractivity contribution in [3.05, 3.63) is 34.2 Å². The molecule has 0 bridgehead atoms. The van der Waals surface area contributed by atoms with Crippen LogP contribution in [0.4, 0.5) is 0 Å². The molecule has 0 atom stereocenters. The first-order valence-electron chi connectivity index (χ1n) is 5.67. The third-order valence-corrected chi connectivity index (χ3v) is 4.10. The van der Waals surface area contributed by atoms with Crippen molar-refractivity contribution < 1.29 is 14.3 Å². The molecule has 1 amide bonds. The Bertz CT molecular complexity index is 702. The molecule has 4 nitrogen and oxygen atoms in total. The number of benzene rings is 1. The minimum atomic E-state index is -0.618. The van der Waals surface area contributed by atoms with Crippen LogP contribution in [0.25, 0.3) is 10.1 Å². The van der Waals surface area contributed by atoms with Gasteiger partial charge in [-0.3, -0.25) is 4.79 Å². The van der Waals surface area contributed by atoms with E-state index in [1.165, 1.54) is 11.3 Å². The highest BCUT2D eigenvalue weighted by Crippen LogP contribution is 2.35. The average molecular weight is 308 g/mol. The van der Waals surface area contributed by atoms with Gasteiger partial charge < -0.3 is 10.1 Å². The fourth-order valence-corrected chi connectivity index (χ4v) is 2.94. The number of carbonyl (C=O) groups is 2. The first kappa shape index (κ1) is 14.4. The van der Waals surface area contributed by atoms with E-state index in [0.717, 1.165) is 10.1 Å². The Morgan fingerprint density at radius 3 is 2.85 bits per heavy atom. The fraction of sp³-hybridized carbons (Fsp3) is 0.143. The number of amides is 1. The van der Waals surface area contributed by atoms with Crippen LogP contribution in [0.3, 0.4) is 0 Å². The number of fused-ring (bicyclic) bond motifs is 1. The van der Waals surface area contributed by atoms with Crippen LogP contribution in [-0.4, -0.2) is 25.0 Å². The highest BCUT2D eigenvalue weighted by molar-refractivity contribution is 7.21. The average Bonchev–Trinajstić information content (AvgIpc) is 2.80. The second kappa shape index (κ2) is 6.42. The van der Waals surface area contributed by atoms with Gasteiger partial charge in [0.15, 0.2) is 6.61 Å². The molecule has 0 fully saturated rings. The van der Waals surface area contributed by atoms with Gasteiger partial charge in [-0.05, 0) is 6.07 Å². The van der Waals surface area contributed by atoms with Gasteiger partial charge in [-0.25, -0.2) is 4.79 Å². The molecule has 1 heterocycles. The summed E-state index contributed by atoms with van der Waals surface area (Å²) in [6, 6.07) is 7.38. The highest BCUT2D eigenvalue weighted by atomic mass is 35.5. The van der Waals surface area contributed by atoms with Crippen molar-refractivity contribution in [2.24, 2.45) is 0 Å². The van der Waals surface area contributed by atoms with E-state index in [0.29, 0.717) is 5.02 Å². The summed E-state index contributed by atoms with van der Waals surface area (Å²) in [5, 5.41) is 3.54. The number of halogens is 1. The van der Waals surface area contributed by atoms with Gasteiger partial charge in [-0.15, -0.1) is 17.8 Å². The van der Waals surface area contributed by atoms with Gasteiger partial charge in [0, 0.05) is 10.1 Å². The minimum Gasteiger partial charge on any atom is -0.451 e. The molecule has 6 heteroatoms. The Balaban J connectivity index is 2.07. The Morgan fingerprint density at radius 2 is 2.15 bits per heavy atom. The molecule has 0 saturated heterocycles. The third kappa shape index (κ3) is 3.10. The van der Waals surface area contributed by atoms with Gasteiger partial charge in [0.2, 0.25) is 0 Å². The molecule has 1 N–H and O–H groups in total. The van der Waals surface area contributed by atoms with Gasteiger partial charge >= 0.3 is 5.97 Å². The fourth-order valence-electron chi connectivity index (χ4n) is 1.54. The van der Waals surface area contributed by atoms with Gasteiger partial charge in [-0.2, -0.15) is 0 Å². The van der Waals surface area contributed by atoms with Crippen LogP contribution in [0.2, 0.25) is 5.02 Å². The topological polar surface area (TPSA) is 55.4 Å². The van der Waals surface area contributed by atoms with Gasteiger partial charge in [0.05, 0.1) is 11.6 Å². The van der Waals surface area contributed by atoms with Crippen molar-refractivity contribution in [1.82, 2.24) is 5.32 Å². The summed E-state index contributed by atoms with van der Waals surface area (Å²) in [4.78, 5) is 23.5. The maximum absolute atomic E-state index is 11.9. The minimum absolute atomic E-state index is 0.0972. The highest BCUT2D eigenvalue weighted by Gasteiger charge is 2.18. The van der Waals surface area contributed by atoms with E-state index >= 15 is 0 Å². The Hall–Kier alpha value is -2.03. The van der Waals surface area contributed by atoms with Crippen LogP contribution in [0.1, 0.15) is 9.67 Å². The van der Waals surface area contributed by atoms with Crippen LogP contribution in [0.15, 0.2) is 24.3 Å². The van der Waals surface area contributed by atoms with E-state index in [1.54, 1.807) is 0 Å². The van der Waals surface area contributed by atoms with E-state index in [1.807, 2.05) is 24.3 Å². The summed E-state index contributed by atoms with van der Waals surface area (Å²) < 4.78 is 5.79. The number of terminal acetylenes is 1. The van der Waals surface area contributed by atoms with Crippen LogP contribution in [0, 0.1) is 12.3 Å². The van der Waals surface area contributed by atoms with Crippen LogP contribution in [0.5, 0.6) is 0 Å². The molecule has 2 aromatic rings. The third-order valence-electron chi connectivity index (χ3n) is 2.44. The number of nitrogens with one attached hydrogen (secondary N) is 1. The molecule has 0 aliphatic rings. The first-order chi connectivity index (χ1) is 9.63. The van der Waals surface area contributed by atoms with E-state index in [2.05, 4.69) is 11.2 Å². The molecule has 0 aliphatic carbocycles. The van der Waals surface area contributed by atoms with Crippen molar-refractivity contribution in [3.63, 3.8) is 0 Å². The van der Waals surface area contributed by atoms with Crippen molar-refractivity contribution >= 4 is 44.9 Å². The van der Waals surface area contributed by atoms with Crippen molar-refractivity contribution in [2.75, 3.05) is 13.2 Å². The van der Waals surface area contributed by atoms with E-state index < -0.39 is 11.9 Å².